The third-order valence-electron chi connectivity index (χ3n) is 5.93. The minimum absolute atomic E-state index is 0.0322. The topological polar surface area (TPSA) is 41.8 Å². The van der Waals surface area contributed by atoms with Gasteiger partial charge in [0.1, 0.15) is 0 Å². The maximum Gasteiger partial charge on any atom is 0.244 e. The Kier molecular flexibility index (Phi) is 3.72. The summed E-state index contributed by atoms with van der Waals surface area (Å²) in [6.07, 6.45) is 6.91. The van der Waals surface area contributed by atoms with Crippen LogP contribution in [0.4, 0.5) is 0 Å². The molecule has 3 aliphatic rings. The molecule has 2 heterocycles. The van der Waals surface area contributed by atoms with E-state index < -0.39 is 5.41 Å². The molecule has 1 aromatic rings. The molecule has 2 fully saturated rings. The Labute approximate surface area is 137 Å². The molecule has 1 aliphatic carbocycles. The highest BCUT2D eigenvalue weighted by molar-refractivity contribution is 6.09. The number of rotatable bonds is 2. The normalized spacial score (nSPS) is 28.4. The van der Waals surface area contributed by atoms with E-state index in [1.807, 2.05) is 12.1 Å². The van der Waals surface area contributed by atoms with Gasteiger partial charge in [-0.25, -0.2) is 4.90 Å². The molecule has 0 unspecified atom stereocenters. The van der Waals surface area contributed by atoms with Crippen LogP contribution in [-0.2, 0) is 21.4 Å². The number of aryl methyl sites for hydroxylation is 1. The summed E-state index contributed by atoms with van der Waals surface area (Å²) in [7, 11) is 0. The van der Waals surface area contributed by atoms with Crippen molar-refractivity contribution in [3.8, 4) is 0 Å². The van der Waals surface area contributed by atoms with E-state index in [1.54, 1.807) is 4.90 Å². The van der Waals surface area contributed by atoms with Crippen molar-refractivity contribution in [2.75, 3.05) is 19.8 Å². The van der Waals surface area contributed by atoms with E-state index in [2.05, 4.69) is 12.1 Å². The molecule has 122 valence electrons. The van der Waals surface area contributed by atoms with E-state index in [-0.39, 0.29) is 11.8 Å². The first-order chi connectivity index (χ1) is 11.2. The number of hydrogen-bond acceptors (Lipinski definition) is 2. The Morgan fingerprint density at radius 1 is 1.04 bits per heavy atom. The van der Waals surface area contributed by atoms with Crippen molar-refractivity contribution in [1.82, 2.24) is 4.90 Å². The number of carbonyl (C=O) groups excluding carboxylic acids is 2. The molecule has 0 aromatic heterocycles. The van der Waals surface area contributed by atoms with Crippen LogP contribution in [-0.4, -0.2) is 36.5 Å². The van der Waals surface area contributed by atoms with Crippen LogP contribution in [0.1, 0.15) is 49.7 Å². The zero-order valence-electron chi connectivity index (χ0n) is 13.6. The average Bonchev–Trinajstić information content (AvgIpc) is 2.81. The molecular weight excluding hydrogens is 288 g/mol. The lowest BCUT2D eigenvalue weighted by Crippen LogP contribution is -3.14. The van der Waals surface area contributed by atoms with Gasteiger partial charge < -0.3 is 4.90 Å². The summed E-state index contributed by atoms with van der Waals surface area (Å²) in [6, 6.07) is 8.22. The molecule has 1 aromatic carbocycles. The first kappa shape index (κ1) is 14.9. The molecule has 2 saturated heterocycles. The molecule has 4 nitrogen and oxygen atoms in total. The summed E-state index contributed by atoms with van der Waals surface area (Å²) in [5.41, 5.74) is 1.80. The van der Waals surface area contributed by atoms with Crippen molar-refractivity contribution in [2.45, 2.75) is 50.4 Å². The standard InChI is InChI=1S/C19H24N2O2/c22-17-13-19(10-6-8-15-7-2-3-9-16(15)19)18(23)21(17)14-20-11-4-1-5-12-20/h2-3,7,9H,1,4-6,8,10-14H2/p+1/t19-/m1/s1. The minimum atomic E-state index is -0.568. The van der Waals surface area contributed by atoms with Crippen LogP contribution < -0.4 is 4.90 Å². The van der Waals surface area contributed by atoms with Crippen LogP contribution >= 0.6 is 0 Å². The van der Waals surface area contributed by atoms with Crippen LogP contribution in [0.25, 0.3) is 0 Å². The van der Waals surface area contributed by atoms with E-state index in [9.17, 15) is 9.59 Å². The Morgan fingerprint density at radius 2 is 1.83 bits per heavy atom. The van der Waals surface area contributed by atoms with Gasteiger partial charge in [-0.3, -0.25) is 9.59 Å². The number of likely N-dealkylation sites (tertiary alicyclic amines) is 2. The molecule has 0 bridgehead atoms. The molecule has 2 amide bonds. The Morgan fingerprint density at radius 3 is 2.65 bits per heavy atom. The maximum atomic E-state index is 13.2. The van der Waals surface area contributed by atoms with Crippen LogP contribution in [0, 0.1) is 0 Å². The quantitative estimate of drug-likeness (QED) is 0.829. The highest BCUT2D eigenvalue weighted by Gasteiger charge is 2.54. The number of fused-ring (bicyclic) bond motifs is 2. The fourth-order valence-corrected chi connectivity index (χ4v) is 4.72. The van der Waals surface area contributed by atoms with E-state index in [1.165, 1.54) is 29.7 Å². The second-order valence-electron chi connectivity index (χ2n) is 7.37. The van der Waals surface area contributed by atoms with Crippen molar-refractivity contribution in [3.05, 3.63) is 35.4 Å². The van der Waals surface area contributed by atoms with Gasteiger partial charge in [0.15, 0.2) is 6.67 Å². The van der Waals surface area contributed by atoms with Crippen molar-refractivity contribution < 1.29 is 14.5 Å². The summed E-state index contributed by atoms with van der Waals surface area (Å²) < 4.78 is 0. The molecule has 4 heteroatoms. The van der Waals surface area contributed by atoms with Gasteiger partial charge in [-0.05, 0) is 49.7 Å². The zero-order chi connectivity index (χ0) is 15.9. The summed E-state index contributed by atoms with van der Waals surface area (Å²) >= 11 is 0. The molecular formula is C19H25N2O2+. The van der Waals surface area contributed by atoms with Crippen molar-refractivity contribution in [3.63, 3.8) is 0 Å². The van der Waals surface area contributed by atoms with Gasteiger partial charge in [0.05, 0.1) is 18.5 Å². The third-order valence-corrected chi connectivity index (χ3v) is 5.93. The van der Waals surface area contributed by atoms with Crippen molar-refractivity contribution >= 4 is 11.8 Å². The van der Waals surface area contributed by atoms with Crippen LogP contribution in [0.3, 0.4) is 0 Å². The van der Waals surface area contributed by atoms with Gasteiger partial charge in [0, 0.05) is 6.42 Å². The number of piperidine rings is 1. The maximum absolute atomic E-state index is 13.2. The first-order valence-corrected chi connectivity index (χ1v) is 8.97. The summed E-state index contributed by atoms with van der Waals surface area (Å²) in [5.74, 6) is 0.0949. The van der Waals surface area contributed by atoms with Gasteiger partial charge in [0.25, 0.3) is 0 Å². The highest BCUT2D eigenvalue weighted by atomic mass is 16.2. The van der Waals surface area contributed by atoms with Crippen molar-refractivity contribution in [2.24, 2.45) is 0 Å². The van der Waals surface area contributed by atoms with Crippen LogP contribution in [0.15, 0.2) is 24.3 Å². The van der Waals surface area contributed by atoms with E-state index in [0.717, 1.165) is 37.9 Å². The molecule has 1 N–H and O–H groups in total. The van der Waals surface area contributed by atoms with E-state index in [0.29, 0.717) is 13.1 Å². The zero-order valence-corrected chi connectivity index (χ0v) is 13.6. The SMILES string of the molecule is O=C1C[C@@]2(CCCc3ccccc32)C(=O)N1C[NH+]1CCCCC1. The number of benzene rings is 1. The lowest BCUT2D eigenvalue weighted by Gasteiger charge is -2.34. The van der Waals surface area contributed by atoms with Gasteiger partial charge in [-0.1, -0.05) is 24.3 Å². The van der Waals surface area contributed by atoms with Crippen molar-refractivity contribution in [1.29, 1.82) is 0 Å². The minimum Gasteiger partial charge on any atom is -0.317 e. The first-order valence-electron chi connectivity index (χ1n) is 8.97. The summed E-state index contributed by atoms with van der Waals surface area (Å²) in [5, 5.41) is 0. The average molecular weight is 313 g/mol. The Bertz CT molecular complexity index is 636. The van der Waals surface area contributed by atoms with E-state index >= 15 is 0 Å². The van der Waals surface area contributed by atoms with Crippen LogP contribution in [0.2, 0.25) is 0 Å². The molecule has 4 rings (SSSR count). The van der Waals surface area contributed by atoms with Gasteiger partial charge >= 0.3 is 0 Å². The Hall–Kier alpha value is -1.68. The molecule has 23 heavy (non-hydrogen) atoms. The predicted molar refractivity (Wildman–Crippen MR) is 86.9 cm³/mol. The second kappa shape index (κ2) is 5.75. The number of nitrogens with one attached hydrogen (secondary N) is 1. The predicted octanol–water partition coefficient (Wildman–Crippen LogP) is 1.05. The fraction of sp³-hybridized carbons (Fsp3) is 0.579. The largest absolute Gasteiger partial charge is 0.317 e. The third kappa shape index (κ3) is 2.40. The van der Waals surface area contributed by atoms with Gasteiger partial charge in [-0.15, -0.1) is 0 Å². The number of quaternary nitrogens is 1. The fourth-order valence-electron chi connectivity index (χ4n) is 4.72. The number of nitrogens with zero attached hydrogens (tertiary/aromatic N) is 1. The smallest absolute Gasteiger partial charge is 0.244 e. The highest BCUT2D eigenvalue weighted by Crippen LogP contribution is 2.45. The summed E-state index contributed by atoms with van der Waals surface area (Å²) in [4.78, 5) is 28.8. The van der Waals surface area contributed by atoms with Crippen LogP contribution in [0.5, 0.6) is 0 Å². The molecule has 1 atom stereocenters. The second-order valence-corrected chi connectivity index (χ2v) is 7.37. The monoisotopic (exact) mass is 313 g/mol. The molecule has 0 radical (unpaired) electrons. The van der Waals surface area contributed by atoms with Gasteiger partial charge in [0.2, 0.25) is 11.8 Å². The van der Waals surface area contributed by atoms with Gasteiger partial charge in [-0.2, -0.15) is 0 Å². The summed E-state index contributed by atoms with van der Waals surface area (Å²) in [6.45, 7) is 2.74. The number of hydrogen-bond donors (Lipinski definition) is 1. The number of carbonyl (C=O) groups is 2. The lowest BCUT2D eigenvalue weighted by molar-refractivity contribution is -0.912. The lowest BCUT2D eigenvalue weighted by atomic mass is 9.69. The number of imide groups is 1. The molecule has 2 aliphatic heterocycles. The molecule has 1 spiro atoms. The number of amides is 2. The Balaban J connectivity index is 1.62. The van der Waals surface area contributed by atoms with E-state index in [4.69, 9.17) is 0 Å². The molecule has 0 saturated carbocycles.